The predicted octanol–water partition coefficient (Wildman–Crippen LogP) is 0.0743. The highest BCUT2D eigenvalue weighted by molar-refractivity contribution is 9.09. The van der Waals surface area contributed by atoms with E-state index >= 15 is 0 Å². The fourth-order valence-electron chi connectivity index (χ4n) is 2.07. The number of hydrogen-bond donors (Lipinski definition) is 0. The Morgan fingerprint density at radius 1 is 0.826 bits per heavy atom. The smallest absolute Gasteiger partial charge is 0.339 e. The maximum Gasteiger partial charge on any atom is 0.339 e. The van der Waals surface area contributed by atoms with Gasteiger partial charge in [0.1, 0.15) is 0 Å². The van der Waals surface area contributed by atoms with E-state index in [-0.39, 0.29) is 0 Å². The van der Waals surface area contributed by atoms with Crippen LogP contribution >= 0.6 is 15.9 Å². The molecule has 0 spiro atoms. The zero-order valence-corrected chi connectivity index (χ0v) is 14.5. The number of ether oxygens (including phenoxy) is 5. The van der Waals surface area contributed by atoms with Gasteiger partial charge < -0.3 is 23.7 Å². The molecule has 0 aromatic carbocycles. The summed E-state index contributed by atoms with van der Waals surface area (Å²) >= 11 is 3.11. The molecule has 0 N–H and O–H groups in total. The van der Waals surface area contributed by atoms with Crippen LogP contribution in [0, 0.1) is 0 Å². The first-order valence-electron chi connectivity index (χ1n) is 6.56. The molecule has 1 aliphatic rings. The molecular formula is C13H17BrO9. The van der Waals surface area contributed by atoms with Gasteiger partial charge >= 0.3 is 23.9 Å². The van der Waals surface area contributed by atoms with Crippen LogP contribution in [0.25, 0.3) is 0 Å². The Bertz CT molecular complexity index is 492. The number of esters is 4. The number of methoxy groups -OCH3 is 1. The summed E-state index contributed by atoms with van der Waals surface area (Å²) in [5.41, 5.74) is 0. The highest BCUT2D eigenvalue weighted by Crippen LogP contribution is 2.31. The maximum atomic E-state index is 11.9. The number of rotatable bonds is 4. The molecule has 9 nitrogen and oxygen atoms in total. The van der Waals surface area contributed by atoms with Crippen LogP contribution in [0.3, 0.4) is 0 Å². The van der Waals surface area contributed by atoms with E-state index in [0.29, 0.717) is 0 Å². The molecule has 1 fully saturated rings. The van der Waals surface area contributed by atoms with Gasteiger partial charge in [-0.3, -0.25) is 14.4 Å². The topological polar surface area (TPSA) is 114 Å². The van der Waals surface area contributed by atoms with Gasteiger partial charge in [0.15, 0.2) is 29.4 Å². The van der Waals surface area contributed by atoms with Gasteiger partial charge in [0, 0.05) is 20.8 Å². The molecule has 130 valence electrons. The maximum absolute atomic E-state index is 11.9. The molecule has 0 aromatic rings. The highest BCUT2D eigenvalue weighted by atomic mass is 79.9. The molecule has 0 aliphatic carbocycles. The van der Waals surface area contributed by atoms with E-state index in [4.69, 9.17) is 18.9 Å². The number of halogens is 1. The summed E-state index contributed by atoms with van der Waals surface area (Å²) in [5, 5.41) is -0.980. The Kier molecular flexibility index (Phi) is 6.95. The molecule has 0 amide bonds. The lowest BCUT2D eigenvalue weighted by Gasteiger charge is -2.41. The molecule has 1 aliphatic heterocycles. The summed E-state index contributed by atoms with van der Waals surface area (Å²) in [6.07, 6.45) is -5.06. The van der Waals surface area contributed by atoms with Crippen LogP contribution in [-0.4, -0.2) is 60.4 Å². The van der Waals surface area contributed by atoms with E-state index in [2.05, 4.69) is 20.7 Å². The summed E-state index contributed by atoms with van der Waals surface area (Å²) < 4.78 is 25.2. The first-order chi connectivity index (χ1) is 10.7. The van der Waals surface area contributed by atoms with E-state index in [1.807, 2.05) is 0 Å². The van der Waals surface area contributed by atoms with Crippen LogP contribution in [0.5, 0.6) is 0 Å². The van der Waals surface area contributed by atoms with Gasteiger partial charge in [-0.1, -0.05) is 15.9 Å². The third-order valence-electron chi connectivity index (χ3n) is 2.82. The zero-order valence-electron chi connectivity index (χ0n) is 12.9. The van der Waals surface area contributed by atoms with Crippen molar-refractivity contribution in [3.8, 4) is 0 Å². The van der Waals surface area contributed by atoms with Crippen molar-refractivity contribution in [2.45, 2.75) is 50.2 Å². The standard InChI is InChI=1S/C13H17BrO9/c1-5(15)20-8-9(21-6(2)16)11(13(18)19-4)23-12(14)10(8)22-7(3)17/h8-12H,1-4H3/t8-,9+,10?,11?,12+/m1/s1. The summed E-state index contributed by atoms with van der Waals surface area (Å²) in [7, 11) is 1.12. The average Bonchev–Trinajstić information content (AvgIpc) is 2.43. The van der Waals surface area contributed by atoms with Crippen molar-refractivity contribution in [1.29, 1.82) is 0 Å². The zero-order chi connectivity index (χ0) is 17.7. The van der Waals surface area contributed by atoms with Crippen LogP contribution in [0.1, 0.15) is 20.8 Å². The fraction of sp³-hybridized carbons (Fsp3) is 0.692. The van der Waals surface area contributed by atoms with Crippen LogP contribution in [0.15, 0.2) is 0 Å². The second kappa shape index (κ2) is 8.25. The van der Waals surface area contributed by atoms with Gasteiger partial charge in [-0.15, -0.1) is 0 Å². The first-order valence-corrected chi connectivity index (χ1v) is 7.48. The monoisotopic (exact) mass is 396 g/mol. The predicted molar refractivity (Wildman–Crippen MR) is 76.3 cm³/mol. The minimum Gasteiger partial charge on any atom is -0.467 e. The van der Waals surface area contributed by atoms with Gasteiger partial charge in [-0.2, -0.15) is 0 Å². The normalized spacial score (nSPS) is 30.0. The van der Waals surface area contributed by atoms with Gasteiger partial charge in [-0.05, 0) is 0 Å². The Labute approximate surface area is 140 Å². The second-order valence-corrected chi connectivity index (χ2v) is 5.56. The third kappa shape index (κ3) is 5.17. The van der Waals surface area contributed by atoms with Crippen LogP contribution < -0.4 is 0 Å². The molecule has 1 rings (SSSR count). The Hall–Kier alpha value is -1.68. The van der Waals surface area contributed by atoms with Crippen LogP contribution in [0.2, 0.25) is 0 Å². The lowest BCUT2D eigenvalue weighted by molar-refractivity contribution is -0.234. The number of carbonyl (C=O) groups is 4. The summed E-state index contributed by atoms with van der Waals surface area (Å²) in [5.74, 6) is -2.95. The molecule has 0 saturated carbocycles. The molecule has 1 heterocycles. The van der Waals surface area contributed by atoms with Crippen molar-refractivity contribution in [1.82, 2.24) is 0 Å². The molecule has 0 aromatic heterocycles. The molecule has 1 saturated heterocycles. The lowest BCUT2D eigenvalue weighted by atomic mass is 9.99. The van der Waals surface area contributed by atoms with E-state index in [0.717, 1.165) is 27.9 Å². The second-order valence-electron chi connectivity index (χ2n) is 4.65. The van der Waals surface area contributed by atoms with Crippen molar-refractivity contribution in [3.05, 3.63) is 0 Å². The van der Waals surface area contributed by atoms with Gasteiger partial charge in [0.25, 0.3) is 0 Å². The van der Waals surface area contributed by atoms with Gasteiger partial charge in [0.05, 0.1) is 7.11 Å². The molecule has 5 atom stereocenters. The van der Waals surface area contributed by atoms with Crippen LogP contribution in [0.4, 0.5) is 0 Å². The van der Waals surface area contributed by atoms with E-state index < -0.39 is 53.3 Å². The fourth-order valence-corrected chi connectivity index (χ4v) is 2.71. The Morgan fingerprint density at radius 3 is 1.70 bits per heavy atom. The molecule has 10 heteroatoms. The first kappa shape index (κ1) is 19.4. The Morgan fingerprint density at radius 2 is 1.26 bits per heavy atom. The molecule has 0 bridgehead atoms. The molecule has 2 unspecified atom stereocenters. The van der Waals surface area contributed by atoms with E-state index in [1.54, 1.807) is 0 Å². The quantitative estimate of drug-likeness (QED) is 0.369. The van der Waals surface area contributed by atoms with Crippen molar-refractivity contribution in [2.24, 2.45) is 0 Å². The third-order valence-corrected chi connectivity index (χ3v) is 3.56. The number of carbonyl (C=O) groups excluding carboxylic acids is 4. The summed E-state index contributed by atoms with van der Waals surface area (Å²) in [4.78, 5) is 45.8. The van der Waals surface area contributed by atoms with Crippen molar-refractivity contribution in [2.75, 3.05) is 7.11 Å². The summed E-state index contributed by atoms with van der Waals surface area (Å²) in [6, 6.07) is 0. The minimum atomic E-state index is -1.36. The van der Waals surface area contributed by atoms with Gasteiger partial charge in [-0.25, -0.2) is 4.79 Å². The van der Waals surface area contributed by atoms with Crippen LogP contribution in [-0.2, 0) is 42.9 Å². The minimum absolute atomic E-state index is 0.668. The van der Waals surface area contributed by atoms with Crippen molar-refractivity contribution >= 4 is 39.8 Å². The molecule has 23 heavy (non-hydrogen) atoms. The van der Waals surface area contributed by atoms with Crippen molar-refractivity contribution < 1.29 is 42.9 Å². The largest absolute Gasteiger partial charge is 0.467 e. The van der Waals surface area contributed by atoms with Crippen molar-refractivity contribution in [3.63, 3.8) is 0 Å². The lowest BCUT2D eigenvalue weighted by Crippen LogP contribution is -2.61. The van der Waals surface area contributed by atoms with Gasteiger partial charge in [0.2, 0.25) is 0 Å². The molecule has 0 radical (unpaired) electrons. The van der Waals surface area contributed by atoms with E-state index in [1.165, 1.54) is 0 Å². The van der Waals surface area contributed by atoms with E-state index in [9.17, 15) is 19.2 Å². The molecular weight excluding hydrogens is 380 g/mol. The highest BCUT2D eigenvalue weighted by Gasteiger charge is 2.53. The SMILES string of the molecule is COC(=O)C1O[C@H](Br)C(OC(C)=O)[C@H](OC(C)=O)[C@@H]1OC(C)=O. The number of hydrogen-bond acceptors (Lipinski definition) is 9. The Balaban J connectivity index is 3.21. The summed E-state index contributed by atoms with van der Waals surface area (Å²) in [6.45, 7) is 3.39. The average molecular weight is 397 g/mol. The number of alkyl halides is 1.